The Balaban J connectivity index is 1.92. The van der Waals surface area contributed by atoms with E-state index in [0.717, 1.165) is 17.7 Å². The zero-order chi connectivity index (χ0) is 17.4. The largest absolute Gasteiger partial charge is 0.396 e. The van der Waals surface area contributed by atoms with Crippen LogP contribution in [0.25, 0.3) is 0 Å². The van der Waals surface area contributed by atoms with Gasteiger partial charge in [0, 0.05) is 24.4 Å². The molecule has 0 fully saturated rings. The molecule has 0 spiro atoms. The molecular formula is C18H20F2N2O2. The van der Waals surface area contributed by atoms with Crippen molar-refractivity contribution in [3.8, 4) is 0 Å². The lowest BCUT2D eigenvalue weighted by molar-refractivity contribution is -0.115. The van der Waals surface area contributed by atoms with Gasteiger partial charge in [0.25, 0.3) is 0 Å². The number of carbonyl (C=O) groups excluding carboxylic acids is 1. The Labute approximate surface area is 139 Å². The highest BCUT2D eigenvalue weighted by Gasteiger charge is 2.13. The standard InChI is InChI=1S/C18H20F2N2O2/c19-15-9-8-14(11-16(15)20)22-18(24)12-21-17(7-4-10-23)13-5-2-1-3-6-13/h1-3,5-6,8-9,11,17,21,23H,4,7,10,12H2,(H,22,24). The van der Waals surface area contributed by atoms with Crippen molar-refractivity contribution < 1.29 is 18.7 Å². The molecule has 0 aliphatic rings. The zero-order valence-corrected chi connectivity index (χ0v) is 13.1. The summed E-state index contributed by atoms with van der Waals surface area (Å²) < 4.78 is 26.0. The van der Waals surface area contributed by atoms with Crippen molar-refractivity contribution in [2.24, 2.45) is 0 Å². The summed E-state index contributed by atoms with van der Waals surface area (Å²) in [5, 5.41) is 14.7. The minimum absolute atomic E-state index is 0.0178. The molecular weight excluding hydrogens is 314 g/mol. The Morgan fingerprint density at radius 1 is 1.08 bits per heavy atom. The molecule has 1 unspecified atom stereocenters. The predicted molar refractivity (Wildman–Crippen MR) is 88.5 cm³/mol. The summed E-state index contributed by atoms with van der Waals surface area (Å²) in [6.45, 7) is 0.0933. The topological polar surface area (TPSA) is 61.4 Å². The van der Waals surface area contributed by atoms with Gasteiger partial charge in [-0.2, -0.15) is 0 Å². The highest BCUT2D eigenvalue weighted by molar-refractivity contribution is 5.92. The Hall–Kier alpha value is -2.31. The minimum Gasteiger partial charge on any atom is -0.396 e. The number of anilines is 1. The minimum atomic E-state index is -1.01. The van der Waals surface area contributed by atoms with E-state index in [4.69, 9.17) is 5.11 Å². The first-order valence-electron chi connectivity index (χ1n) is 7.74. The van der Waals surface area contributed by atoms with Gasteiger partial charge in [0.1, 0.15) is 0 Å². The molecule has 0 aromatic heterocycles. The summed E-state index contributed by atoms with van der Waals surface area (Å²) >= 11 is 0. The molecule has 6 heteroatoms. The number of rotatable bonds is 8. The zero-order valence-electron chi connectivity index (χ0n) is 13.1. The van der Waals surface area contributed by atoms with Crippen molar-refractivity contribution in [3.63, 3.8) is 0 Å². The molecule has 0 bridgehead atoms. The van der Waals surface area contributed by atoms with E-state index in [-0.39, 0.29) is 30.8 Å². The number of hydrogen-bond donors (Lipinski definition) is 3. The lowest BCUT2D eigenvalue weighted by atomic mass is 10.0. The third kappa shape index (κ3) is 5.40. The van der Waals surface area contributed by atoms with Crippen LogP contribution in [0, 0.1) is 11.6 Å². The summed E-state index contributed by atoms with van der Waals surface area (Å²) in [6, 6.07) is 12.7. The van der Waals surface area contributed by atoms with Gasteiger partial charge in [-0.3, -0.25) is 4.79 Å². The van der Waals surface area contributed by atoms with E-state index in [0.29, 0.717) is 12.8 Å². The van der Waals surface area contributed by atoms with Crippen molar-refractivity contribution in [3.05, 3.63) is 65.7 Å². The Bertz CT molecular complexity index is 665. The molecule has 4 nitrogen and oxygen atoms in total. The molecule has 0 radical (unpaired) electrons. The Morgan fingerprint density at radius 2 is 1.83 bits per heavy atom. The van der Waals surface area contributed by atoms with Crippen molar-refractivity contribution in [2.45, 2.75) is 18.9 Å². The van der Waals surface area contributed by atoms with E-state index in [9.17, 15) is 13.6 Å². The summed E-state index contributed by atoms with van der Waals surface area (Å²) in [6.07, 6.45) is 1.29. The van der Waals surface area contributed by atoms with Crippen LogP contribution in [0.3, 0.4) is 0 Å². The Morgan fingerprint density at radius 3 is 2.50 bits per heavy atom. The second kappa shape index (κ2) is 9.10. The Kier molecular flexibility index (Phi) is 6.84. The smallest absolute Gasteiger partial charge is 0.238 e. The van der Waals surface area contributed by atoms with Crippen LogP contribution in [0.5, 0.6) is 0 Å². The third-order valence-electron chi connectivity index (χ3n) is 3.57. The maximum Gasteiger partial charge on any atom is 0.238 e. The molecule has 2 rings (SSSR count). The first-order valence-corrected chi connectivity index (χ1v) is 7.74. The fourth-order valence-electron chi connectivity index (χ4n) is 2.36. The molecule has 2 aromatic carbocycles. The van der Waals surface area contributed by atoms with Gasteiger partial charge in [0.05, 0.1) is 6.54 Å². The first-order chi connectivity index (χ1) is 11.6. The van der Waals surface area contributed by atoms with E-state index in [1.54, 1.807) is 0 Å². The molecule has 24 heavy (non-hydrogen) atoms. The lowest BCUT2D eigenvalue weighted by Gasteiger charge is -2.18. The van der Waals surface area contributed by atoms with Gasteiger partial charge in [-0.1, -0.05) is 30.3 Å². The van der Waals surface area contributed by atoms with E-state index >= 15 is 0 Å². The molecule has 0 saturated heterocycles. The van der Waals surface area contributed by atoms with E-state index in [2.05, 4.69) is 10.6 Å². The van der Waals surface area contributed by atoms with Gasteiger partial charge in [-0.05, 0) is 30.5 Å². The number of benzene rings is 2. The molecule has 0 saturated carbocycles. The lowest BCUT2D eigenvalue weighted by Crippen LogP contribution is -2.31. The van der Waals surface area contributed by atoms with Crippen molar-refractivity contribution >= 4 is 11.6 Å². The predicted octanol–water partition coefficient (Wildman–Crippen LogP) is 3.01. The number of aliphatic hydroxyl groups excluding tert-OH is 1. The van der Waals surface area contributed by atoms with Crippen LogP contribution in [0.2, 0.25) is 0 Å². The molecule has 1 atom stereocenters. The maximum atomic E-state index is 13.1. The number of amides is 1. The number of hydrogen-bond acceptors (Lipinski definition) is 3. The van der Waals surface area contributed by atoms with Crippen LogP contribution >= 0.6 is 0 Å². The van der Waals surface area contributed by atoms with Crippen LogP contribution in [-0.4, -0.2) is 24.2 Å². The van der Waals surface area contributed by atoms with Crippen LogP contribution in [0.1, 0.15) is 24.4 Å². The monoisotopic (exact) mass is 334 g/mol. The first kappa shape index (κ1) is 18.0. The molecule has 2 aromatic rings. The third-order valence-corrected chi connectivity index (χ3v) is 3.57. The number of aliphatic hydroxyl groups is 1. The number of carbonyl (C=O) groups is 1. The van der Waals surface area contributed by atoms with Crippen molar-refractivity contribution in [2.75, 3.05) is 18.5 Å². The van der Waals surface area contributed by atoms with Gasteiger partial charge < -0.3 is 15.7 Å². The van der Waals surface area contributed by atoms with E-state index < -0.39 is 11.6 Å². The van der Waals surface area contributed by atoms with Crippen LogP contribution in [0.15, 0.2) is 48.5 Å². The van der Waals surface area contributed by atoms with Gasteiger partial charge in [0.15, 0.2) is 11.6 Å². The summed E-state index contributed by atoms with van der Waals surface area (Å²) in [5.41, 5.74) is 1.22. The van der Waals surface area contributed by atoms with Crippen molar-refractivity contribution in [1.29, 1.82) is 0 Å². The van der Waals surface area contributed by atoms with Crippen molar-refractivity contribution in [1.82, 2.24) is 5.32 Å². The average Bonchev–Trinajstić information content (AvgIpc) is 2.59. The molecule has 0 heterocycles. The van der Waals surface area contributed by atoms with Crippen LogP contribution in [-0.2, 0) is 4.79 Å². The quantitative estimate of drug-likeness (QED) is 0.695. The van der Waals surface area contributed by atoms with Crippen LogP contribution < -0.4 is 10.6 Å². The fourth-order valence-corrected chi connectivity index (χ4v) is 2.36. The second-order valence-corrected chi connectivity index (χ2v) is 5.39. The van der Waals surface area contributed by atoms with Gasteiger partial charge in [-0.15, -0.1) is 0 Å². The molecule has 0 aliphatic heterocycles. The molecule has 3 N–H and O–H groups in total. The summed E-state index contributed by atoms with van der Waals surface area (Å²) in [4.78, 5) is 12.0. The molecule has 128 valence electrons. The highest BCUT2D eigenvalue weighted by atomic mass is 19.2. The SMILES string of the molecule is O=C(CNC(CCCO)c1ccccc1)Nc1ccc(F)c(F)c1. The van der Waals surface area contributed by atoms with E-state index in [1.165, 1.54) is 6.07 Å². The average molecular weight is 334 g/mol. The molecule has 1 amide bonds. The molecule has 0 aliphatic carbocycles. The normalized spacial score (nSPS) is 12.0. The maximum absolute atomic E-state index is 13.1. The summed E-state index contributed by atoms with van der Waals surface area (Å²) in [7, 11) is 0. The number of halogens is 2. The fraction of sp³-hybridized carbons (Fsp3) is 0.278. The number of nitrogens with one attached hydrogen (secondary N) is 2. The second-order valence-electron chi connectivity index (χ2n) is 5.39. The van der Waals surface area contributed by atoms with Gasteiger partial charge in [-0.25, -0.2) is 8.78 Å². The highest BCUT2D eigenvalue weighted by Crippen LogP contribution is 2.18. The van der Waals surface area contributed by atoms with Gasteiger partial charge >= 0.3 is 0 Å². The van der Waals surface area contributed by atoms with Gasteiger partial charge in [0.2, 0.25) is 5.91 Å². The summed E-state index contributed by atoms with van der Waals surface area (Å²) in [5.74, 6) is -2.32. The van der Waals surface area contributed by atoms with E-state index in [1.807, 2.05) is 30.3 Å². The van der Waals surface area contributed by atoms with Crippen LogP contribution in [0.4, 0.5) is 14.5 Å².